The highest BCUT2D eigenvalue weighted by molar-refractivity contribution is 5.92. The van der Waals surface area contributed by atoms with E-state index in [1.54, 1.807) is 24.5 Å². The van der Waals surface area contributed by atoms with E-state index < -0.39 is 0 Å². The van der Waals surface area contributed by atoms with Gasteiger partial charge in [0, 0.05) is 56.8 Å². The molecule has 1 aromatic heterocycles. The van der Waals surface area contributed by atoms with Gasteiger partial charge in [-0.3, -0.25) is 9.69 Å². The summed E-state index contributed by atoms with van der Waals surface area (Å²) < 4.78 is 5.73. The summed E-state index contributed by atoms with van der Waals surface area (Å²) in [5, 5.41) is 20.3. The number of hydrogen-bond acceptors (Lipinski definition) is 6. The Morgan fingerprint density at radius 2 is 1.86 bits per heavy atom. The van der Waals surface area contributed by atoms with Crippen molar-refractivity contribution in [3.05, 3.63) is 60.4 Å². The number of carbonyl (C=O) groups is 1. The molecule has 2 aliphatic rings. The van der Waals surface area contributed by atoms with Crippen LogP contribution in [0.4, 0.5) is 5.69 Å². The Morgan fingerprint density at radius 1 is 1.00 bits per heavy atom. The number of benzene rings is 2. The molecule has 2 aromatic carbocycles. The number of fused-ring (bicyclic) bond motifs is 1. The largest absolute Gasteiger partial charge is 0.504 e. The number of nitrogens with zero attached hydrogens (tertiary/aromatic N) is 3. The average Bonchev–Trinajstić information content (AvgIpc) is 3.38. The quantitative estimate of drug-likeness (QED) is 0.405. The molecule has 7 heteroatoms. The maximum Gasteiger partial charge on any atom is 0.246 e. The Labute approximate surface area is 205 Å². The van der Waals surface area contributed by atoms with Crippen LogP contribution >= 0.6 is 0 Å². The number of hydrogen-bond donors (Lipinski definition) is 2. The lowest BCUT2D eigenvalue weighted by molar-refractivity contribution is -0.129. The number of aromatic hydroxyl groups is 2. The number of anilines is 1. The molecule has 184 valence electrons. The number of piperidine rings is 1. The monoisotopic (exact) mass is 475 g/mol. The summed E-state index contributed by atoms with van der Waals surface area (Å²) in [5.41, 5.74) is 2.82. The van der Waals surface area contributed by atoms with E-state index in [9.17, 15) is 15.0 Å². The standard InChI is InChI=1S/C28H33N3O4/c32-25-9-7-21(20-26(25)33)8-10-27(34)31-13-2-1-5-23(31)11-14-29-15-17-30(18-16-29)24-6-3-4-22-12-19-35-28(22)24/h3-4,6-10,12,19-20,23,32-33H,1-2,5,11,13-18H2/b10-8+/t23-/m0/s1. The highest BCUT2D eigenvalue weighted by Crippen LogP contribution is 2.29. The highest BCUT2D eigenvalue weighted by atomic mass is 16.3. The molecular weight excluding hydrogens is 442 g/mol. The number of phenolic OH excluding ortho intramolecular Hbond substituents is 2. The van der Waals surface area contributed by atoms with Crippen molar-refractivity contribution in [2.75, 3.05) is 44.2 Å². The lowest BCUT2D eigenvalue weighted by Gasteiger charge is -2.39. The minimum atomic E-state index is -0.184. The third kappa shape index (κ3) is 5.30. The molecule has 2 saturated heterocycles. The molecule has 0 spiro atoms. The van der Waals surface area contributed by atoms with E-state index in [1.165, 1.54) is 17.8 Å². The predicted octanol–water partition coefficient (Wildman–Crippen LogP) is 4.45. The number of phenols is 2. The fourth-order valence-electron chi connectivity index (χ4n) is 5.27. The molecule has 2 aliphatic heterocycles. The molecule has 35 heavy (non-hydrogen) atoms. The smallest absolute Gasteiger partial charge is 0.246 e. The highest BCUT2D eigenvalue weighted by Gasteiger charge is 2.27. The van der Waals surface area contributed by atoms with Gasteiger partial charge in [-0.25, -0.2) is 0 Å². The van der Waals surface area contributed by atoms with E-state index in [1.807, 2.05) is 11.0 Å². The summed E-state index contributed by atoms with van der Waals surface area (Å²) >= 11 is 0. The molecule has 0 bridgehead atoms. The predicted molar refractivity (Wildman–Crippen MR) is 138 cm³/mol. The van der Waals surface area contributed by atoms with E-state index in [4.69, 9.17) is 4.42 Å². The molecule has 3 heterocycles. The summed E-state index contributed by atoms with van der Waals surface area (Å²) in [6, 6.07) is 13.1. The average molecular weight is 476 g/mol. The molecule has 7 nitrogen and oxygen atoms in total. The van der Waals surface area contributed by atoms with Crippen LogP contribution in [0.15, 0.2) is 59.2 Å². The molecule has 0 unspecified atom stereocenters. The first-order chi connectivity index (χ1) is 17.1. The van der Waals surface area contributed by atoms with E-state index in [0.29, 0.717) is 5.56 Å². The van der Waals surface area contributed by atoms with Crippen LogP contribution in [0.3, 0.4) is 0 Å². The Bertz CT molecular complexity index is 1200. The molecule has 0 aliphatic carbocycles. The summed E-state index contributed by atoms with van der Waals surface area (Å²) in [6.07, 6.45) is 9.25. The third-order valence-corrected chi connectivity index (χ3v) is 7.28. The first-order valence-corrected chi connectivity index (χ1v) is 12.5. The van der Waals surface area contributed by atoms with Gasteiger partial charge in [0.2, 0.25) is 5.91 Å². The van der Waals surface area contributed by atoms with Gasteiger partial charge < -0.3 is 24.4 Å². The lowest BCUT2D eigenvalue weighted by atomic mass is 9.98. The molecular formula is C28H33N3O4. The van der Waals surface area contributed by atoms with E-state index >= 15 is 0 Å². The normalized spacial score (nSPS) is 19.6. The third-order valence-electron chi connectivity index (χ3n) is 7.28. The van der Waals surface area contributed by atoms with E-state index in [-0.39, 0.29) is 23.4 Å². The first kappa shape index (κ1) is 23.3. The van der Waals surface area contributed by atoms with Gasteiger partial charge in [-0.05, 0) is 61.6 Å². The summed E-state index contributed by atoms with van der Waals surface area (Å²) in [4.78, 5) is 19.9. The van der Waals surface area contributed by atoms with Crippen molar-refractivity contribution in [3.63, 3.8) is 0 Å². The van der Waals surface area contributed by atoms with Gasteiger partial charge >= 0.3 is 0 Å². The second kappa shape index (κ2) is 10.4. The van der Waals surface area contributed by atoms with Crippen molar-refractivity contribution < 1.29 is 19.4 Å². The van der Waals surface area contributed by atoms with Crippen molar-refractivity contribution in [2.24, 2.45) is 0 Å². The zero-order chi connectivity index (χ0) is 24.2. The SMILES string of the molecule is O=C(/C=C/c1ccc(O)c(O)c1)N1CCCC[C@H]1CCN1CCN(c2cccc3ccoc23)CC1. The van der Waals surface area contributed by atoms with Crippen molar-refractivity contribution in [3.8, 4) is 11.5 Å². The Morgan fingerprint density at radius 3 is 2.69 bits per heavy atom. The van der Waals surface area contributed by atoms with Crippen molar-refractivity contribution in [1.29, 1.82) is 0 Å². The molecule has 3 aromatic rings. The Hall–Kier alpha value is -3.45. The van der Waals surface area contributed by atoms with Crippen LogP contribution in [0.1, 0.15) is 31.2 Å². The fourth-order valence-corrected chi connectivity index (χ4v) is 5.27. The van der Waals surface area contributed by atoms with Crippen LogP contribution in [0.2, 0.25) is 0 Å². The van der Waals surface area contributed by atoms with Crippen LogP contribution in [-0.4, -0.2) is 71.2 Å². The molecule has 1 amide bonds. The molecule has 1 atom stereocenters. The lowest BCUT2D eigenvalue weighted by Crippen LogP contribution is -2.49. The summed E-state index contributed by atoms with van der Waals surface area (Å²) in [5.74, 6) is -0.335. The maximum absolute atomic E-state index is 13.0. The number of rotatable bonds is 6. The topological polar surface area (TPSA) is 80.4 Å². The van der Waals surface area contributed by atoms with Crippen molar-refractivity contribution in [1.82, 2.24) is 9.80 Å². The number of furan rings is 1. The van der Waals surface area contributed by atoms with Gasteiger partial charge in [-0.1, -0.05) is 18.2 Å². The number of piperazine rings is 1. The molecule has 0 radical (unpaired) electrons. The molecule has 5 rings (SSSR count). The molecule has 2 fully saturated rings. The molecule has 2 N–H and O–H groups in total. The van der Waals surface area contributed by atoms with Crippen LogP contribution in [-0.2, 0) is 4.79 Å². The van der Waals surface area contributed by atoms with Crippen LogP contribution < -0.4 is 4.90 Å². The number of amides is 1. The minimum Gasteiger partial charge on any atom is -0.504 e. The number of likely N-dealkylation sites (tertiary alicyclic amines) is 1. The Balaban J connectivity index is 1.14. The van der Waals surface area contributed by atoms with Crippen molar-refractivity contribution >= 4 is 28.6 Å². The Kier molecular flexibility index (Phi) is 6.95. The second-order valence-corrected chi connectivity index (χ2v) is 9.50. The zero-order valence-electron chi connectivity index (χ0n) is 20.0. The van der Waals surface area contributed by atoms with Gasteiger partial charge in [-0.15, -0.1) is 0 Å². The number of para-hydroxylation sites is 1. The van der Waals surface area contributed by atoms with Gasteiger partial charge in [0.25, 0.3) is 0 Å². The van der Waals surface area contributed by atoms with Crippen LogP contribution in [0.25, 0.3) is 17.0 Å². The van der Waals surface area contributed by atoms with Crippen LogP contribution in [0.5, 0.6) is 11.5 Å². The van der Waals surface area contributed by atoms with Gasteiger partial charge in [0.15, 0.2) is 17.1 Å². The zero-order valence-corrected chi connectivity index (χ0v) is 20.0. The molecule has 0 saturated carbocycles. The second-order valence-electron chi connectivity index (χ2n) is 9.50. The van der Waals surface area contributed by atoms with Crippen molar-refractivity contribution in [2.45, 2.75) is 31.7 Å². The maximum atomic E-state index is 13.0. The first-order valence-electron chi connectivity index (χ1n) is 12.5. The summed E-state index contributed by atoms with van der Waals surface area (Å²) in [7, 11) is 0. The van der Waals surface area contributed by atoms with Gasteiger partial charge in [-0.2, -0.15) is 0 Å². The van der Waals surface area contributed by atoms with E-state index in [2.05, 4.69) is 28.0 Å². The summed E-state index contributed by atoms with van der Waals surface area (Å²) in [6.45, 7) is 5.72. The van der Waals surface area contributed by atoms with Crippen LogP contribution in [0, 0.1) is 0 Å². The minimum absolute atomic E-state index is 0.0126. The fraction of sp³-hybridized carbons (Fsp3) is 0.393. The van der Waals surface area contributed by atoms with Gasteiger partial charge in [0.05, 0.1) is 12.0 Å². The van der Waals surface area contributed by atoms with Gasteiger partial charge in [0.1, 0.15) is 0 Å². The number of carbonyl (C=O) groups excluding carboxylic acids is 1. The van der Waals surface area contributed by atoms with E-state index in [0.717, 1.165) is 75.9 Å².